The van der Waals surface area contributed by atoms with Crippen molar-refractivity contribution >= 4 is 6.09 Å². The van der Waals surface area contributed by atoms with Crippen molar-refractivity contribution < 1.29 is 22.7 Å². The van der Waals surface area contributed by atoms with Crippen molar-refractivity contribution in [1.82, 2.24) is 15.5 Å². The number of amides is 1. The molecular formula is C15H28F3N3O2. The topological polar surface area (TPSA) is 53.6 Å². The number of likely N-dealkylation sites (tertiary alicyclic amines) is 1. The van der Waals surface area contributed by atoms with E-state index in [1.165, 1.54) is 4.90 Å². The third-order valence-corrected chi connectivity index (χ3v) is 3.45. The van der Waals surface area contributed by atoms with Crippen molar-refractivity contribution in [3.05, 3.63) is 0 Å². The zero-order valence-electron chi connectivity index (χ0n) is 14.1. The second-order valence-electron chi connectivity index (χ2n) is 6.90. The molecule has 0 radical (unpaired) electrons. The Morgan fingerprint density at radius 3 is 2.30 bits per heavy atom. The van der Waals surface area contributed by atoms with Gasteiger partial charge in [0, 0.05) is 12.6 Å². The first-order valence-corrected chi connectivity index (χ1v) is 8.04. The zero-order valence-corrected chi connectivity index (χ0v) is 14.1. The van der Waals surface area contributed by atoms with Crippen LogP contribution in [0.1, 0.15) is 40.0 Å². The molecule has 1 saturated heterocycles. The standard InChI is InChI=1S/C15H28F3N3O2/c1-14(2,3)23-13(22)20-8-4-7-19-12-5-9-21(10-6-12)11-15(16,17)18/h12,19H,4-11H2,1-3H3,(H,20,22). The number of halogens is 3. The first-order chi connectivity index (χ1) is 10.6. The lowest BCUT2D eigenvalue weighted by Crippen LogP contribution is -2.46. The Kier molecular flexibility index (Phi) is 7.60. The summed E-state index contributed by atoms with van der Waals surface area (Å²) in [5, 5.41) is 6.00. The zero-order chi connectivity index (χ0) is 17.5. The van der Waals surface area contributed by atoms with Gasteiger partial charge in [0.25, 0.3) is 0 Å². The summed E-state index contributed by atoms with van der Waals surface area (Å²) >= 11 is 0. The van der Waals surface area contributed by atoms with Crippen molar-refractivity contribution in [2.24, 2.45) is 0 Å². The number of carbonyl (C=O) groups is 1. The average Bonchev–Trinajstić information content (AvgIpc) is 2.36. The fraction of sp³-hybridized carbons (Fsp3) is 0.933. The number of alkyl halides is 3. The van der Waals surface area contributed by atoms with Crippen LogP contribution in [0.4, 0.5) is 18.0 Å². The summed E-state index contributed by atoms with van der Waals surface area (Å²) in [7, 11) is 0. The Hall–Kier alpha value is -1.02. The molecular weight excluding hydrogens is 311 g/mol. The molecule has 1 amide bonds. The largest absolute Gasteiger partial charge is 0.444 e. The first kappa shape index (κ1) is 20.0. The maximum Gasteiger partial charge on any atom is 0.407 e. The van der Waals surface area contributed by atoms with Gasteiger partial charge in [-0.05, 0) is 59.7 Å². The van der Waals surface area contributed by atoms with Gasteiger partial charge in [-0.1, -0.05) is 0 Å². The normalized spacial score (nSPS) is 18.0. The highest BCUT2D eigenvalue weighted by Crippen LogP contribution is 2.19. The van der Waals surface area contributed by atoms with Gasteiger partial charge in [0.15, 0.2) is 0 Å². The predicted octanol–water partition coefficient (Wildman–Crippen LogP) is 2.52. The Bertz CT molecular complexity index is 362. The third kappa shape index (κ3) is 10.4. The molecule has 2 N–H and O–H groups in total. The van der Waals surface area contributed by atoms with E-state index in [-0.39, 0.29) is 6.04 Å². The molecule has 1 aliphatic rings. The van der Waals surface area contributed by atoms with Crippen LogP contribution in [0.5, 0.6) is 0 Å². The summed E-state index contributed by atoms with van der Waals surface area (Å²) in [6.45, 7) is 6.76. The van der Waals surface area contributed by atoms with Crippen molar-refractivity contribution in [2.45, 2.75) is 57.9 Å². The van der Waals surface area contributed by atoms with E-state index in [1.54, 1.807) is 20.8 Å². The molecule has 0 aromatic heterocycles. The number of alkyl carbamates (subject to hydrolysis) is 1. The SMILES string of the molecule is CC(C)(C)OC(=O)NCCCNC1CCN(CC(F)(F)F)CC1. The molecule has 0 atom stereocenters. The molecule has 0 spiro atoms. The lowest BCUT2D eigenvalue weighted by atomic mass is 10.0. The fourth-order valence-electron chi connectivity index (χ4n) is 2.45. The molecule has 1 fully saturated rings. The second-order valence-corrected chi connectivity index (χ2v) is 6.90. The third-order valence-electron chi connectivity index (χ3n) is 3.45. The molecule has 0 aromatic rings. The minimum Gasteiger partial charge on any atom is -0.444 e. The molecule has 23 heavy (non-hydrogen) atoms. The summed E-state index contributed by atoms with van der Waals surface area (Å²) in [6, 6.07) is 0.251. The van der Waals surface area contributed by atoms with Gasteiger partial charge in [0.05, 0.1) is 6.54 Å². The Labute approximate surface area is 135 Å². The number of nitrogens with zero attached hydrogens (tertiary/aromatic N) is 1. The van der Waals surface area contributed by atoms with Crippen molar-refractivity contribution in [3.8, 4) is 0 Å². The highest BCUT2D eigenvalue weighted by molar-refractivity contribution is 5.67. The number of piperidine rings is 1. The van der Waals surface area contributed by atoms with Gasteiger partial charge in [-0.3, -0.25) is 4.90 Å². The molecule has 1 rings (SSSR count). The molecule has 136 valence electrons. The maximum atomic E-state index is 12.3. The lowest BCUT2D eigenvalue weighted by Gasteiger charge is -2.32. The molecule has 1 aliphatic heterocycles. The van der Waals surface area contributed by atoms with Gasteiger partial charge in [0.1, 0.15) is 5.60 Å². The van der Waals surface area contributed by atoms with Crippen LogP contribution in [0.25, 0.3) is 0 Å². The summed E-state index contributed by atoms with van der Waals surface area (Å²) < 4.78 is 42.0. The number of nitrogens with one attached hydrogen (secondary N) is 2. The molecule has 8 heteroatoms. The minimum absolute atomic E-state index is 0.251. The van der Waals surface area contributed by atoms with Crippen molar-refractivity contribution in [1.29, 1.82) is 0 Å². The summed E-state index contributed by atoms with van der Waals surface area (Å²) in [4.78, 5) is 12.9. The molecule has 0 saturated carbocycles. The van der Waals surface area contributed by atoms with Crippen molar-refractivity contribution in [3.63, 3.8) is 0 Å². The van der Waals surface area contributed by atoms with E-state index in [4.69, 9.17) is 4.74 Å². The molecule has 5 nitrogen and oxygen atoms in total. The molecule has 0 unspecified atom stereocenters. The summed E-state index contributed by atoms with van der Waals surface area (Å²) in [5.74, 6) is 0. The maximum absolute atomic E-state index is 12.3. The minimum atomic E-state index is -4.12. The predicted molar refractivity (Wildman–Crippen MR) is 82.4 cm³/mol. The lowest BCUT2D eigenvalue weighted by molar-refractivity contribution is -0.148. The number of carbonyl (C=O) groups excluding carboxylic acids is 1. The number of ether oxygens (including phenoxy) is 1. The smallest absolute Gasteiger partial charge is 0.407 e. The Balaban J connectivity index is 2.04. The monoisotopic (exact) mass is 339 g/mol. The fourth-order valence-corrected chi connectivity index (χ4v) is 2.45. The molecule has 0 aliphatic carbocycles. The quantitative estimate of drug-likeness (QED) is 0.730. The number of hydrogen-bond donors (Lipinski definition) is 2. The van der Waals surface area contributed by atoms with Crippen LogP contribution in [0.2, 0.25) is 0 Å². The van der Waals surface area contributed by atoms with Crippen LogP contribution >= 0.6 is 0 Å². The van der Waals surface area contributed by atoms with Crippen LogP contribution in [0.15, 0.2) is 0 Å². The van der Waals surface area contributed by atoms with E-state index >= 15 is 0 Å². The molecule has 1 heterocycles. The highest BCUT2D eigenvalue weighted by Gasteiger charge is 2.32. The number of hydrogen-bond acceptors (Lipinski definition) is 4. The van der Waals surface area contributed by atoms with Crippen LogP contribution in [-0.4, -0.2) is 61.5 Å². The van der Waals surface area contributed by atoms with Gasteiger partial charge in [0.2, 0.25) is 0 Å². The van der Waals surface area contributed by atoms with Gasteiger partial charge in [-0.25, -0.2) is 4.79 Å². The van der Waals surface area contributed by atoms with E-state index in [1.807, 2.05) is 0 Å². The van der Waals surface area contributed by atoms with Gasteiger partial charge < -0.3 is 15.4 Å². The Morgan fingerprint density at radius 2 is 1.78 bits per heavy atom. The van der Waals surface area contributed by atoms with Crippen molar-refractivity contribution in [2.75, 3.05) is 32.7 Å². The second kappa shape index (κ2) is 8.73. The van der Waals surface area contributed by atoms with Crippen LogP contribution < -0.4 is 10.6 Å². The van der Waals surface area contributed by atoms with Crippen LogP contribution in [0, 0.1) is 0 Å². The molecule has 0 aromatic carbocycles. The van der Waals surface area contributed by atoms with E-state index in [2.05, 4.69) is 10.6 Å². The van der Waals surface area contributed by atoms with E-state index in [0.717, 1.165) is 25.8 Å². The summed E-state index contributed by atoms with van der Waals surface area (Å²) in [5.41, 5.74) is -0.507. The van der Waals surface area contributed by atoms with Gasteiger partial charge >= 0.3 is 12.3 Å². The number of rotatable bonds is 6. The highest BCUT2D eigenvalue weighted by atomic mass is 19.4. The van der Waals surface area contributed by atoms with E-state index < -0.39 is 24.4 Å². The Morgan fingerprint density at radius 1 is 1.17 bits per heavy atom. The van der Waals surface area contributed by atoms with E-state index in [9.17, 15) is 18.0 Å². The first-order valence-electron chi connectivity index (χ1n) is 8.04. The van der Waals surface area contributed by atoms with Crippen LogP contribution in [-0.2, 0) is 4.74 Å². The van der Waals surface area contributed by atoms with Gasteiger partial charge in [-0.2, -0.15) is 13.2 Å². The van der Waals surface area contributed by atoms with Crippen LogP contribution in [0.3, 0.4) is 0 Å². The summed E-state index contributed by atoms with van der Waals surface area (Å²) in [6.07, 6.45) is -2.36. The average molecular weight is 339 g/mol. The van der Waals surface area contributed by atoms with E-state index in [0.29, 0.717) is 19.6 Å². The molecule has 0 bridgehead atoms. The van der Waals surface area contributed by atoms with Gasteiger partial charge in [-0.15, -0.1) is 0 Å².